The van der Waals surface area contributed by atoms with Gasteiger partial charge < -0.3 is 5.32 Å². The van der Waals surface area contributed by atoms with Crippen LogP contribution in [-0.2, 0) is 14.4 Å². The van der Waals surface area contributed by atoms with E-state index < -0.39 is 0 Å². The number of carbonyl (C=O) groups is 3. The molecule has 0 aromatic heterocycles. The summed E-state index contributed by atoms with van der Waals surface area (Å²) in [5.41, 5.74) is 1.70. The van der Waals surface area contributed by atoms with Gasteiger partial charge in [0.25, 0.3) is 0 Å². The van der Waals surface area contributed by atoms with Gasteiger partial charge in [-0.1, -0.05) is 44.0 Å². The van der Waals surface area contributed by atoms with Crippen molar-refractivity contribution in [3.05, 3.63) is 29.8 Å². The Morgan fingerprint density at radius 2 is 1.76 bits per heavy atom. The fourth-order valence-corrected chi connectivity index (χ4v) is 6.51. The van der Waals surface area contributed by atoms with Crippen LogP contribution in [0.5, 0.6) is 0 Å². The second-order valence-electron chi connectivity index (χ2n) is 7.18. The average molecular weight is 470 g/mol. The van der Waals surface area contributed by atoms with Crippen LogP contribution in [0.1, 0.15) is 12.0 Å². The van der Waals surface area contributed by atoms with Crippen molar-refractivity contribution in [2.45, 2.75) is 23.0 Å². The van der Waals surface area contributed by atoms with Crippen molar-refractivity contribution in [2.75, 3.05) is 11.9 Å². The second kappa shape index (κ2) is 6.20. The van der Waals surface area contributed by atoms with Gasteiger partial charge in [0.05, 0.1) is 11.8 Å². The fourth-order valence-electron chi connectivity index (χ4n) is 4.63. The summed E-state index contributed by atoms with van der Waals surface area (Å²) in [6, 6.07) is 7.43. The number of hydrogen-bond donors (Lipinski definition) is 1. The smallest absolute Gasteiger partial charge is 0.244 e. The Hall–Kier alpha value is -1.21. The molecule has 2 bridgehead atoms. The zero-order valence-electron chi connectivity index (χ0n) is 13.6. The monoisotopic (exact) mass is 468 g/mol. The van der Waals surface area contributed by atoms with Crippen molar-refractivity contribution in [3.8, 4) is 0 Å². The number of rotatable bonds is 3. The molecule has 3 amide bonds. The predicted molar refractivity (Wildman–Crippen MR) is 101 cm³/mol. The number of hydrogen-bond acceptors (Lipinski definition) is 3. The molecule has 3 aliphatic rings. The topological polar surface area (TPSA) is 66.5 Å². The summed E-state index contributed by atoms with van der Waals surface area (Å²) in [7, 11) is 0. The number of imide groups is 1. The summed E-state index contributed by atoms with van der Waals surface area (Å²) in [6.07, 6.45) is 0.891. The minimum Gasteiger partial charge on any atom is -0.325 e. The first kappa shape index (κ1) is 17.2. The number of aryl methyl sites for hydroxylation is 1. The minimum absolute atomic E-state index is 0.167. The van der Waals surface area contributed by atoms with E-state index in [0.29, 0.717) is 5.69 Å². The van der Waals surface area contributed by atoms with Crippen LogP contribution >= 0.6 is 31.9 Å². The molecule has 5 nitrogen and oxygen atoms in total. The molecule has 1 aromatic rings. The Balaban J connectivity index is 1.48. The summed E-state index contributed by atoms with van der Waals surface area (Å²) in [5, 5.41) is 2.77. The number of anilines is 1. The SMILES string of the molecule is Cc1cccc(NC(=O)CN2C(=O)[C@H]3[C@@H]4C[C@@H]([C@@H](Br)[C@H]4Br)[C@@H]3C2=O)c1. The molecular formula is C18H18Br2N2O3. The second-order valence-corrected chi connectivity index (χ2v) is 9.30. The highest BCUT2D eigenvalue weighted by molar-refractivity contribution is 9.12. The van der Waals surface area contributed by atoms with Gasteiger partial charge in [-0.25, -0.2) is 0 Å². The molecule has 25 heavy (non-hydrogen) atoms. The summed E-state index contributed by atoms with van der Waals surface area (Å²) in [4.78, 5) is 39.4. The molecule has 6 atom stereocenters. The molecule has 0 unspecified atom stereocenters. The van der Waals surface area contributed by atoms with E-state index in [2.05, 4.69) is 37.2 Å². The molecule has 1 saturated heterocycles. The summed E-state index contributed by atoms with van der Waals surface area (Å²) < 4.78 is 0. The number of alkyl halides is 2. The van der Waals surface area contributed by atoms with E-state index in [0.717, 1.165) is 16.9 Å². The zero-order chi connectivity index (χ0) is 17.9. The number of fused-ring (bicyclic) bond motifs is 5. The van der Waals surface area contributed by atoms with E-state index in [9.17, 15) is 14.4 Å². The highest BCUT2D eigenvalue weighted by atomic mass is 79.9. The van der Waals surface area contributed by atoms with E-state index in [-0.39, 0.29) is 57.6 Å². The lowest BCUT2D eigenvalue weighted by Gasteiger charge is -2.28. The molecule has 2 saturated carbocycles. The maximum absolute atomic E-state index is 12.8. The third-order valence-corrected chi connectivity index (χ3v) is 8.89. The van der Waals surface area contributed by atoms with Crippen LogP contribution in [0, 0.1) is 30.6 Å². The molecule has 1 heterocycles. The van der Waals surface area contributed by atoms with Gasteiger partial charge in [-0.3, -0.25) is 19.3 Å². The van der Waals surface area contributed by atoms with E-state index >= 15 is 0 Å². The Morgan fingerprint density at radius 1 is 1.16 bits per heavy atom. The van der Waals surface area contributed by atoms with E-state index in [1.54, 1.807) is 6.07 Å². The van der Waals surface area contributed by atoms with Crippen molar-refractivity contribution >= 4 is 55.3 Å². The fraction of sp³-hybridized carbons (Fsp3) is 0.500. The molecule has 1 N–H and O–H groups in total. The van der Waals surface area contributed by atoms with Crippen LogP contribution in [-0.4, -0.2) is 38.8 Å². The van der Waals surface area contributed by atoms with Gasteiger partial charge in [0.1, 0.15) is 6.54 Å². The van der Waals surface area contributed by atoms with Crippen LogP contribution in [0.15, 0.2) is 24.3 Å². The molecule has 0 radical (unpaired) electrons. The van der Waals surface area contributed by atoms with Crippen molar-refractivity contribution in [3.63, 3.8) is 0 Å². The third-order valence-electron chi connectivity index (χ3n) is 5.68. The van der Waals surface area contributed by atoms with Gasteiger partial charge in [-0.05, 0) is 42.9 Å². The van der Waals surface area contributed by atoms with Gasteiger partial charge in [-0.15, -0.1) is 0 Å². The van der Waals surface area contributed by atoms with Gasteiger partial charge in [0.2, 0.25) is 17.7 Å². The van der Waals surface area contributed by atoms with Crippen molar-refractivity contribution in [1.82, 2.24) is 4.90 Å². The van der Waals surface area contributed by atoms with Crippen LogP contribution in [0.25, 0.3) is 0 Å². The first-order valence-electron chi connectivity index (χ1n) is 8.38. The predicted octanol–water partition coefficient (Wildman–Crippen LogP) is 2.71. The lowest BCUT2D eigenvalue weighted by Crippen LogP contribution is -2.39. The van der Waals surface area contributed by atoms with Crippen LogP contribution < -0.4 is 5.32 Å². The average Bonchev–Trinajstić information content (AvgIpc) is 3.15. The van der Waals surface area contributed by atoms with Crippen LogP contribution in [0.2, 0.25) is 0 Å². The normalized spacial score (nSPS) is 36.0. The minimum atomic E-state index is -0.342. The van der Waals surface area contributed by atoms with Crippen LogP contribution in [0.4, 0.5) is 5.69 Å². The molecule has 7 heteroatoms. The van der Waals surface area contributed by atoms with Crippen molar-refractivity contribution in [1.29, 1.82) is 0 Å². The maximum atomic E-state index is 12.8. The highest BCUT2D eigenvalue weighted by Crippen LogP contribution is 2.60. The molecule has 132 valence electrons. The van der Waals surface area contributed by atoms with Gasteiger partial charge in [0.15, 0.2) is 0 Å². The standard InChI is InChI=1S/C18H18Br2N2O3/c1-8-3-2-4-9(5-8)21-12(23)7-22-17(24)13-10-6-11(14(13)18(22)25)16(20)15(10)19/h2-5,10-11,13-16H,6-7H2,1H3,(H,21,23)/t10-,11+,13-,14-,15-,16+/m0/s1. The van der Waals surface area contributed by atoms with E-state index in [1.807, 2.05) is 25.1 Å². The van der Waals surface area contributed by atoms with E-state index in [4.69, 9.17) is 0 Å². The number of amides is 3. The summed E-state index contributed by atoms with van der Waals surface area (Å²) >= 11 is 7.32. The lowest BCUT2D eigenvalue weighted by atomic mass is 9.81. The Bertz CT molecular complexity index is 736. The Kier molecular flexibility index (Phi) is 4.27. The molecule has 0 spiro atoms. The lowest BCUT2D eigenvalue weighted by molar-refractivity contribution is -0.143. The Labute approximate surface area is 162 Å². The summed E-state index contributed by atoms with van der Waals surface area (Å²) in [6.45, 7) is 1.73. The third kappa shape index (κ3) is 2.67. The van der Waals surface area contributed by atoms with E-state index in [1.165, 1.54) is 0 Å². The number of nitrogens with one attached hydrogen (secondary N) is 1. The Morgan fingerprint density at radius 3 is 2.32 bits per heavy atom. The largest absolute Gasteiger partial charge is 0.325 e. The molecule has 1 aliphatic heterocycles. The van der Waals surface area contributed by atoms with Crippen molar-refractivity contribution < 1.29 is 14.4 Å². The van der Waals surface area contributed by atoms with Gasteiger partial charge in [-0.2, -0.15) is 0 Å². The first-order valence-corrected chi connectivity index (χ1v) is 10.2. The number of carbonyl (C=O) groups excluding carboxylic acids is 3. The van der Waals surface area contributed by atoms with Gasteiger partial charge >= 0.3 is 0 Å². The molecule has 2 aliphatic carbocycles. The molecular weight excluding hydrogens is 452 g/mol. The van der Waals surface area contributed by atoms with Gasteiger partial charge in [0, 0.05) is 15.3 Å². The first-order chi connectivity index (χ1) is 11.9. The van der Waals surface area contributed by atoms with Crippen LogP contribution in [0.3, 0.4) is 0 Å². The zero-order valence-corrected chi connectivity index (χ0v) is 16.8. The highest BCUT2D eigenvalue weighted by Gasteiger charge is 2.66. The number of nitrogens with zero attached hydrogens (tertiary/aromatic N) is 1. The quantitative estimate of drug-likeness (QED) is 0.546. The molecule has 4 rings (SSSR count). The number of likely N-dealkylation sites (tertiary alicyclic amines) is 1. The summed E-state index contributed by atoms with van der Waals surface area (Å²) in [5.74, 6) is -0.937. The van der Waals surface area contributed by atoms with Crippen molar-refractivity contribution in [2.24, 2.45) is 23.7 Å². The molecule has 3 fully saturated rings. The molecule has 1 aromatic carbocycles. The maximum Gasteiger partial charge on any atom is 0.244 e. The number of benzene rings is 1. The number of halogens is 2.